The van der Waals surface area contributed by atoms with Crippen molar-refractivity contribution < 1.29 is 9.53 Å². The van der Waals surface area contributed by atoms with Gasteiger partial charge in [0, 0.05) is 50.7 Å². The van der Waals surface area contributed by atoms with Gasteiger partial charge in [0.15, 0.2) is 0 Å². The number of carbonyl (C=O) groups is 1. The van der Waals surface area contributed by atoms with Crippen LogP contribution in [-0.2, 0) is 9.53 Å². The summed E-state index contributed by atoms with van der Waals surface area (Å²) < 4.78 is 5.35. The fourth-order valence-electron chi connectivity index (χ4n) is 3.08. The first kappa shape index (κ1) is 16.7. The zero-order chi connectivity index (χ0) is 15.5. The fourth-order valence-corrected chi connectivity index (χ4v) is 3.08. The Morgan fingerprint density at radius 3 is 2.62 bits per heavy atom. The van der Waals surface area contributed by atoms with Gasteiger partial charge in [-0.05, 0) is 19.8 Å². The molecule has 2 fully saturated rings. The highest BCUT2D eigenvalue weighted by Gasteiger charge is 2.37. The Bertz CT molecular complexity index is 351. The molecule has 5 heteroatoms. The van der Waals surface area contributed by atoms with Gasteiger partial charge in [0.1, 0.15) is 0 Å². The Morgan fingerprint density at radius 2 is 2.00 bits per heavy atom. The van der Waals surface area contributed by atoms with Gasteiger partial charge in [-0.25, -0.2) is 0 Å². The molecule has 1 amide bonds. The van der Waals surface area contributed by atoms with Gasteiger partial charge in [-0.15, -0.1) is 0 Å². The number of piperazine rings is 1. The lowest BCUT2D eigenvalue weighted by Gasteiger charge is -2.47. The van der Waals surface area contributed by atoms with Gasteiger partial charge in [0.05, 0.1) is 13.2 Å². The lowest BCUT2D eigenvalue weighted by molar-refractivity contribution is -0.139. The summed E-state index contributed by atoms with van der Waals surface area (Å²) in [5.41, 5.74) is -0.0898. The molecule has 5 nitrogen and oxygen atoms in total. The first-order valence-corrected chi connectivity index (χ1v) is 8.24. The van der Waals surface area contributed by atoms with E-state index in [1.165, 1.54) is 0 Å². The Hall–Kier alpha value is -0.650. The first-order chi connectivity index (χ1) is 9.90. The highest BCUT2D eigenvalue weighted by atomic mass is 16.5. The summed E-state index contributed by atoms with van der Waals surface area (Å²) in [5, 5.41) is 3.58. The van der Waals surface area contributed by atoms with E-state index in [0.717, 1.165) is 45.9 Å². The van der Waals surface area contributed by atoms with Crippen LogP contribution in [-0.4, -0.2) is 73.2 Å². The van der Waals surface area contributed by atoms with Crippen molar-refractivity contribution >= 4 is 5.91 Å². The molecule has 122 valence electrons. The number of amides is 1. The van der Waals surface area contributed by atoms with Crippen molar-refractivity contribution in [2.24, 2.45) is 5.92 Å². The minimum atomic E-state index is -0.0898. The summed E-state index contributed by atoms with van der Waals surface area (Å²) in [6.45, 7) is 14.8. The summed E-state index contributed by atoms with van der Waals surface area (Å²) in [6, 6.07) is 0.408. The highest BCUT2D eigenvalue weighted by Crippen LogP contribution is 2.22. The van der Waals surface area contributed by atoms with Gasteiger partial charge in [0.2, 0.25) is 5.91 Å². The van der Waals surface area contributed by atoms with Crippen LogP contribution in [0.25, 0.3) is 0 Å². The van der Waals surface area contributed by atoms with Crippen molar-refractivity contribution in [3.8, 4) is 0 Å². The molecule has 0 aromatic rings. The number of hydrogen-bond acceptors (Lipinski definition) is 4. The molecule has 2 aliphatic rings. The molecule has 0 saturated carbocycles. The second kappa shape index (κ2) is 7.07. The molecule has 2 aliphatic heterocycles. The number of nitrogens with zero attached hydrogens (tertiary/aromatic N) is 2. The average molecular weight is 297 g/mol. The van der Waals surface area contributed by atoms with Crippen LogP contribution in [0.5, 0.6) is 0 Å². The topological polar surface area (TPSA) is 44.8 Å². The van der Waals surface area contributed by atoms with E-state index in [1.807, 2.05) is 0 Å². The van der Waals surface area contributed by atoms with E-state index in [2.05, 4.69) is 42.8 Å². The van der Waals surface area contributed by atoms with Crippen molar-refractivity contribution in [2.75, 3.05) is 45.9 Å². The summed E-state index contributed by atoms with van der Waals surface area (Å²) in [7, 11) is 0. The maximum Gasteiger partial charge on any atom is 0.224 e. The predicted molar refractivity (Wildman–Crippen MR) is 84.3 cm³/mol. The maximum absolute atomic E-state index is 12.7. The third kappa shape index (κ3) is 4.41. The van der Waals surface area contributed by atoms with Crippen LogP contribution in [0.2, 0.25) is 0 Å². The van der Waals surface area contributed by atoms with Crippen molar-refractivity contribution in [1.29, 1.82) is 0 Å². The molecule has 0 bridgehead atoms. The van der Waals surface area contributed by atoms with E-state index >= 15 is 0 Å². The van der Waals surface area contributed by atoms with Gasteiger partial charge in [-0.2, -0.15) is 0 Å². The van der Waals surface area contributed by atoms with E-state index in [9.17, 15) is 4.79 Å². The molecule has 1 unspecified atom stereocenters. The summed E-state index contributed by atoms with van der Waals surface area (Å²) in [4.78, 5) is 17.1. The summed E-state index contributed by atoms with van der Waals surface area (Å²) >= 11 is 0. The van der Waals surface area contributed by atoms with Gasteiger partial charge < -0.3 is 15.0 Å². The quantitative estimate of drug-likeness (QED) is 0.839. The zero-order valence-electron chi connectivity index (χ0n) is 14.0. The number of rotatable bonds is 4. The second-order valence-corrected chi connectivity index (χ2v) is 7.25. The number of carbonyl (C=O) groups excluding carboxylic acids is 1. The number of hydrogen-bond donors (Lipinski definition) is 1. The third-order valence-electron chi connectivity index (χ3n) is 4.76. The Morgan fingerprint density at radius 1 is 1.33 bits per heavy atom. The lowest BCUT2D eigenvalue weighted by atomic mass is 9.92. The van der Waals surface area contributed by atoms with Crippen LogP contribution in [0.1, 0.15) is 34.1 Å². The Kier molecular flexibility index (Phi) is 5.63. The minimum Gasteiger partial charge on any atom is -0.379 e. The van der Waals surface area contributed by atoms with Gasteiger partial charge >= 0.3 is 0 Å². The van der Waals surface area contributed by atoms with E-state index in [4.69, 9.17) is 4.74 Å². The molecule has 1 atom stereocenters. The average Bonchev–Trinajstić information content (AvgIpc) is 2.45. The zero-order valence-corrected chi connectivity index (χ0v) is 14.0. The maximum atomic E-state index is 12.7. The standard InChI is InChI=1S/C16H31N3O2/c1-13(2)14-11-19(16(3,4)12-17-14)15(20)5-6-18-7-9-21-10-8-18/h13-14,17H,5-12H2,1-4H3. The third-order valence-corrected chi connectivity index (χ3v) is 4.76. The minimum absolute atomic E-state index is 0.0898. The molecule has 2 heterocycles. The molecule has 0 aromatic carbocycles. The number of nitrogens with one attached hydrogen (secondary N) is 1. The van der Waals surface area contributed by atoms with Gasteiger partial charge in [0.25, 0.3) is 0 Å². The molecule has 0 aromatic heterocycles. The van der Waals surface area contributed by atoms with E-state index in [-0.39, 0.29) is 5.54 Å². The predicted octanol–water partition coefficient (Wildman–Crippen LogP) is 0.944. The fraction of sp³-hybridized carbons (Fsp3) is 0.938. The van der Waals surface area contributed by atoms with Crippen LogP contribution < -0.4 is 5.32 Å². The molecule has 1 N–H and O–H groups in total. The van der Waals surface area contributed by atoms with Crippen molar-refractivity contribution in [3.05, 3.63) is 0 Å². The van der Waals surface area contributed by atoms with Crippen molar-refractivity contribution in [1.82, 2.24) is 15.1 Å². The number of ether oxygens (including phenoxy) is 1. The normalized spacial score (nSPS) is 27.1. The molecule has 2 saturated heterocycles. The smallest absolute Gasteiger partial charge is 0.224 e. The lowest BCUT2D eigenvalue weighted by Crippen LogP contribution is -2.64. The van der Waals surface area contributed by atoms with Crippen molar-refractivity contribution in [3.63, 3.8) is 0 Å². The Balaban J connectivity index is 1.88. The summed E-state index contributed by atoms with van der Waals surface area (Å²) in [6.07, 6.45) is 0.619. The van der Waals surface area contributed by atoms with Crippen LogP contribution in [0.4, 0.5) is 0 Å². The number of morpholine rings is 1. The second-order valence-electron chi connectivity index (χ2n) is 7.25. The van der Waals surface area contributed by atoms with E-state index in [1.54, 1.807) is 0 Å². The Labute approximate surface area is 129 Å². The first-order valence-electron chi connectivity index (χ1n) is 8.24. The summed E-state index contributed by atoms with van der Waals surface area (Å²) in [5.74, 6) is 0.842. The van der Waals surface area contributed by atoms with Crippen LogP contribution in [0.15, 0.2) is 0 Å². The van der Waals surface area contributed by atoms with Crippen LogP contribution >= 0.6 is 0 Å². The molecule has 21 heavy (non-hydrogen) atoms. The van der Waals surface area contributed by atoms with E-state index in [0.29, 0.717) is 24.3 Å². The van der Waals surface area contributed by atoms with Crippen LogP contribution in [0.3, 0.4) is 0 Å². The molecular weight excluding hydrogens is 266 g/mol. The molecule has 2 rings (SSSR count). The largest absolute Gasteiger partial charge is 0.379 e. The molecular formula is C16H31N3O2. The monoisotopic (exact) mass is 297 g/mol. The van der Waals surface area contributed by atoms with Crippen LogP contribution in [0, 0.1) is 5.92 Å². The van der Waals surface area contributed by atoms with Gasteiger partial charge in [-0.1, -0.05) is 13.8 Å². The highest BCUT2D eigenvalue weighted by molar-refractivity contribution is 5.77. The van der Waals surface area contributed by atoms with Gasteiger partial charge in [-0.3, -0.25) is 9.69 Å². The van der Waals surface area contributed by atoms with Crippen molar-refractivity contribution in [2.45, 2.75) is 45.7 Å². The molecule has 0 aliphatic carbocycles. The molecule has 0 spiro atoms. The SMILES string of the molecule is CC(C)C1CN(C(=O)CCN2CCOCC2)C(C)(C)CN1. The van der Waals surface area contributed by atoms with E-state index < -0.39 is 0 Å². The molecule has 0 radical (unpaired) electrons.